The fourth-order valence-corrected chi connectivity index (χ4v) is 9.58. The third-order valence-electron chi connectivity index (χ3n) is 12.4. The Morgan fingerprint density at radius 2 is 1.22 bits per heavy atom. The first kappa shape index (κ1) is 50.3. The Balaban J connectivity index is 0.00000898. The van der Waals surface area contributed by atoms with Crippen LogP contribution in [0.15, 0.2) is 50.5 Å². The molecule has 8 N–H and O–H groups in total. The molecule has 4 aliphatic heterocycles. The molecule has 1 fully saturated rings. The van der Waals surface area contributed by atoms with Crippen molar-refractivity contribution in [3.05, 3.63) is 68.3 Å². The maximum Gasteiger partial charge on any atom is 0.307 e. The summed E-state index contributed by atoms with van der Waals surface area (Å²) in [6.07, 6.45) is -2.55. The average molecular weight is 936 g/mol. The first-order valence-electron chi connectivity index (χ1n) is 20.1. The van der Waals surface area contributed by atoms with Gasteiger partial charge in [-0.15, -0.1) is 11.4 Å². The minimum Gasteiger partial charge on any atom is -0.664 e. The Morgan fingerprint density at radius 1 is 0.656 bits per heavy atom. The van der Waals surface area contributed by atoms with E-state index in [0.29, 0.717) is 0 Å². The summed E-state index contributed by atoms with van der Waals surface area (Å²) < 4.78 is 0. The van der Waals surface area contributed by atoms with Crippen LogP contribution in [0.1, 0.15) is 107 Å². The number of allylic oxidation sites excluding steroid dienone is 8. The SMILES string of the molecule is CC1=C2N=C(C=C3[N-]C(=CC4=NC(=C(CCC(=O)O)C4CC(=O)O)Cc4[n-]c1c(CC(=O)O)c4CCC(=O)O)[C@@H](CCC(=O)O)[C@]3(C)CC(=O)O)[C@@H](CCC(=O)O)[C@]2(C)CC(=O)O.[Co]. The Labute approximate surface area is 375 Å². The van der Waals surface area contributed by atoms with Crippen LogP contribution in [0.25, 0.3) is 10.9 Å². The third kappa shape index (κ3) is 10.9. The van der Waals surface area contributed by atoms with E-state index in [0.717, 1.165) is 0 Å². The fraction of sp³-hybridized carbons (Fsp3) is 0.488. The van der Waals surface area contributed by atoms with E-state index < -0.39 is 128 Å². The number of aliphatic carboxylic acids is 8. The molecule has 1 aromatic rings. The van der Waals surface area contributed by atoms with E-state index in [4.69, 9.17) is 20.3 Å². The smallest absolute Gasteiger partial charge is 0.307 e. The number of carbonyl (C=O) groups is 8. The number of hydrogen-bond donors (Lipinski definition) is 8. The van der Waals surface area contributed by atoms with E-state index in [2.05, 4.69) is 0 Å². The van der Waals surface area contributed by atoms with E-state index in [1.807, 2.05) is 0 Å². The van der Waals surface area contributed by atoms with Gasteiger partial charge in [-0.1, -0.05) is 31.6 Å². The van der Waals surface area contributed by atoms with E-state index in [1.54, 1.807) is 13.8 Å². The summed E-state index contributed by atoms with van der Waals surface area (Å²) in [6.45, 7) is 4.63. The summed E-state index contributed by atoms with van der Waals surface area (Å²) in [7, 11) is 0. The van der Waals surface area contributed by atoms with Crippen LogP contribution in [0.2, 0.25) is 0 Å². The quantitative estimate of drug-likeness (QED) is 0.0872. The van der Waals surface area contributed by atoms with Crippen LogP contribution in [-0.2, 0) is 74.4 Å². The molecule has 0 aromatic carbocycles. The zero-order valence-electron chi connectivity index (χ0n) is 35.0. The minimum absolute atomic E-state index is 0. The van der Waals surface area contributed by atoms with E-state index in [1.165, 1.54) is 19.1 Å². The second kappa shape index (κ2) is 20.0. The van der Waals surface area contributed by atoms with Gasteiger partial charge >= 0.3 is 47.8 Å². The Hall–Kier alpha value is -6.35. The molecule has 0 spiro atoms. The predicted molar refractivity (Wildman–Crippen MR) is 219 cm³/mol. The van der Waals surface area contributed by atoms with Crippen molar-refractivity contribution < 1.29 is 96.0 Å². The van der Waals surface area contributed by atoms with Crippen LogP contribution in [0, 0.1) is 28.6 Å². The Kier molecular flexibility index (Phi) is 15.7. The van der Waals surface area contributed by atoms with Crippen LogP contribution < -0.4 is 4.98 Å². The van der Waals surface area contributed by atoms with Crippen molar-refractivity contribution in [1.82, 2.24) is 4.98 Å². The second-order valence-corrected chi connectivity index (χ2v) is 16.7. The first-order valence-corrected chi connectivity index (χ1v) is 20.1. The van der Waals surface area contributed by atoms with E-state index in [-0.39, 0.29) is 117 Å². The molecule has 21 heteroatoms. The van der Waals surface area contributed by atoms with Crippen LogP contribution in [0.4, 0.5) is 0 Å². The Morgan fingerprint density at radius 3 is 1.77 bits per heavy atom. The zero-order chi connectivity index (χ0) is 46.7. The summed E-state index contributed by atoms with van der Waals surface area (Å²) in [5, 5.41) is 85.0. The topological polar surface area (TPSA) is 351 Å². The van der Waals surface area contributed by atoms with Gasteiger partial charge < -0.3 is 51.2 Å². The molecule has 5 atom stereocenters. The summed E-state index contributed by atoms with van der Waals surface area (Å²) in [5.41, 5.74) is -1.50. The molecule has 20 nitrogen and oxygen atoms in total. The number of nitrogens with zero attached hydrogens (tertiary/aromatic N) is 4. The number of aliphatic imine (C=N–C) groups is 2. The van der Waals surface area contributed by atoms with Crippen LogP contribution >= 0.6 is 0 Å². The van der Waals surface area contributed by atoms with Crippen LogP contribution in [0.5, 0.6) is 0 Å². The minimum atomic E-state index is -1.52. The number of fused-ring (bicyclic) bond motifs is 6. The molecular formula is C43H48CoN4O16-2. The van der Waals surface area contributed by atoms with Crippen molar-refractivity contribution in [3.63, 3.8) is 0 Å². The molecule has 1 saturated heterocycles. The monoisotopic (exact) mass is 935 g/mol. The second-order valence-electron chi connectivity index (χ2n) is 16.7. The average Bonchev–Trinajstić information content (AvgIpc) is 3.80. The van der Waals surface area contributed by atoms with Crippen LogP contribution in [0.3, 0.4) is 0 Å². The third-order valence-corrected chi connectivity index (χ3v) is 12.4. The number of carboxylic acids is 8. The molecule has 5 heterocycles. The summed E-state index contributed by atoms with van der Waals surface area (Å²) >= 11 is 0. The predicted octanol–water partition coefficient (Wildman–Crippen LogP) is 4.77. The maximum absolute atomic E-state index is 12.7. The van der Waals surface area contributed by atoms with E-state index >= 15 is 0 Å². The maximum atomic E-state index is 12.7. The molecule has 0 amide bonds. The van der Waals surface area contributed by atoms with Gasteiger partial charge in [0.05, 0.1) is 25.7 Å². The van der Waals surface area contributed by atoms with Gasteiger partial charge in [-0.2, -0.15) is 11.4 Å². The van der Waals surface area contributed by atoms with Gasteiger partial charge in [-0.25, -0.2) is 0 Å². The molecular weight excluding hydrogens is 887 g/mol. The van der Waals surface area contributed by atoms with Crippen molar-refractivity contribution in [3.8, 4) is 0 Å². The molecule has 5 rings (SSSR count). The van der Waals surface area contributed by atoms with Crippen molar-refractivity contribution in [2.45, 2.75) is 104 Å². The Bertz CT molecular complexity index is 2370. The fourth-order valence-electron chi connectivity index (χ4n) is 9.58. The summed E-state index contributed by atoms with van der Waals surface area (Å²) in [5.74, 6) is -13.1. The van der Waals surface area contributed by atoms with Gasteiger partial charge in [-0.3, -0.25) is 48.3 Å². The van der Waals surface area contributed by atoms with Crippen LogP contribution in [-0.4, -0.2) is 100 Å². The standard InChI is InChI=1S/C43H49N4O16.Co/c1-19-40-23(13-37(58)59)21(5-9-33(50)51)27(46-40)14-26-20(4-8-32(48)49)22(12-36(56)57)28(44-26)15-29-24(6-10-34(52)53)42(2,17-38(60)61)31(45-29)16-30-25(7-11-35(54)55)43(3,18-39(62)63)41(19)47-30;/h15-16,22,24-25H,4-14,17-18H2,1-3H3,(H9,44,45,47,48,49,50,51,52,53,54,55,56,57,58,59,60,61,62,63);/q-1;/p-1/t22?,24-,25-,42+,43+;/m1./s1. The largest absolute Gasteiger partial charge is 0.664 e. The van der Waals surface area contributed by atoms with Crippen molar-refractivity contribution in [2.75, 3.05) is 0 Å². The molecule has 1 radical (unpaired) electrons. The number of carboxylic acid groups (broad SMARTS) is 8. The van der Waals surface area contributed by atoms with Gasteiger partial charge in [0.25, 0.3) is 0 Å². The molecule has 8 bridgehead atoms. The van der Waals surface area contributed by atoms with Crippen molar-refractivity contribution in [1.29, 1.82) is 0 Å². The number of hydrogen-bond acceptors (Lipinski definition) is 10. The molecule has 0 aliphatic carbocycles. The molecule has 1 aromatic heterocycles. The van der Waals surface area contributed by atoms with Crippen molar-refractivity contribution in [2.24, 2.45) is 38.6 Å². The number of aromatic nitrogens is 1. The molecule has 64 heavy (non-hydrogen) atoms. The summed E-state index contributed by atoms with van der Waals surface area (Å²) in [4.78, 5) is 113. The normalized spacial score (nSPS) is 23.6. The van der Waals surface area contributed by atoms with Gasteiger partial charge in [0.2, 0.25) is 0 Å². The summed E-state index contributed by atoms with van der Waals surface area (Å²) in [6, 6.07) is 0. The van der Waals surface area contributed by atoms with Gasteiger partial charge in [-0.05, 0) is 67.1 Å². The molecule has 0 saturated carbocycles. The molecule has 347 valence electrons. The first-order chi connectivity index (χ1) is 29.4. The van der Waals surface area contributed by atoms with Gasteiger partial charge in [0.1, 0.15) is 0 Å². The van der Waals surface area contributed by atoms with E-state index in [9.17, 15) is 79.2 Å². The van der Waals surface area contributed by atoms with Crippen molar-refractivity contribution >= 4 is 64.8 Å². The molecule has 4 aliphatic rings. The van der Waals surface area contributed by atoms with Gasteiger partial charge in [0, 0.05) is 82.5 Å². The zero-order valence-corrected chi connectivity index (χ0v) is 36.1. The molecule has 1 unspecified atom stereocenters. The van der Waals surface area contributed by atoms with Gasteiger partial charge in [0.15, 0.2) is 0 Å². The number of rotatable bonds is 20.